The Bertz CT molecular complexity index is 776. The van der Waals surface area contributed by atoms with E-state index in [1.54, 1.807) is 4.68 Å². The topological polar surface area (TPSA) is 88.4 Å². The summed E-state index contributed by atoms with van der Waals surface area (Å²) in [7, 11) is 0. The van der Waals surface area contributed by atoms with E-state index in [4.69, 9.17) is 4.74 Å². The van der Waals surface area contributed by atoms with Crippen LogP contribution < -0.4 is 5.32 Å². The number of tetrazole rings is 1. The zero-order valence-corrected chi connectivity index (χ0v) is 16.7. The van der Waals surface area contributed by atoms with Crippen molar-refractivity contribution in [2.45, 2.75) is 38.5 Å². The number of ether oxygens (including phenoxy) is 1. The summed E-state index contributed by atoms with van der Waals surface area (Å²) in [6, 6.07) is 10.7. The molecule has 2 aliphatic rings. The maximum absolute atomic E-state index is 12.4. The summed E-state index contributed by atoms with van der Waals surface area (Å²) in [6.45, 7) is 7.28. The number of morpholine rings is 1. The smallest absolute Gasteiger partial charge is 0.222 e. The molecule has 9 heteroatoms. The molecule has 4 rings (SSSR count). The first-order chi connectivity index (χ1) is 14.3. The fourth-order valence-electron chi connectivity index (χ4n) is 3.91. The number of amides is 1. The average molecular weight is 399 g/mol. The lowest BCUT2D eigenvalue weighted by Gasteiger charge is -2.25. The minimum absolute atomic E-state index is 0.0596. The van der Waals surface area contributed by atoms with E-state index in [2.05, 4.69) is 54.9 Å². The SMILES string of the molecule is O=C(CCn1nnnc1CN1CCOCC1)N[C@H]1CCN(Cc2ccccc2)C1. The van der Waals surface area contributed by atoms with Gasteiger partial charge in [0.25, 0.3) is 0 Å². The van der Waals surface area contributed by atoms with E-state index in [1.165, 1.54) is 5.56 Å². The summed E-state index contributed by atoms with van der Waals surface area (Å²) >= 11 is 0. The summed E-state index contributed by atoms with van der Waals surface area (Å²) < 4.78 is 7.12. The van der Waals surface area contributed by atoms with Gasteiger partial charge in [-0.15, -0.1) is 5.10 Å². The predicted molar refractivity (Wildman–Crippen MR) is 107 cm³/mol. The number of carbonyl (C=O) groups excluding carboxylic acids is 1. The molecule has 2 aromatic rings. The van der Waals surface area contributed by atoms with Crippen LogP contribution in [0.4, 0.5) is 0 Å². The van der Waals surface area contributed by atoms with E-state index in [0.29, 0.717) is 19.5 Å². The molecule has 0 radical (unpaired) electrons. The molecule has 0 saturated carbocycles. The Morgan fingerprint density at radius 3 is 2.76 bits per heavy atom. The predicted octanol–water partition coefficient (Wildman–Crippen LogP) is 0.286. The zero-order valence-electron chi connectivity index (χ0n) is 16.7. The Morgan fingerprint density at radius 2 is 1.93 bits per heavy atom. The van der Waals surface area contributed by atoms with Crippen LogP contribution in [0, 0.1) is 0 Å². The highest BCUT2D eigenvalue weighted by Gasteiger charge is 2.24. The highest BCUT2D eigenvalue weighted by Crippen LogP contribution is 2.13. The molecule has 1 aromatic heterocycles. The fraction of sp³-hybridized carbons (Fsp3) is 0.600. The Morgan fingerprint density at radius 1 is 1.10 bits per heavy atom. The van der Waals surface area contributed by atoms with Crippen molar-refractivity contribution in [1.82, 2.24) is 35.3 Å². The van der Waals surface area contributed by atoms with Crippen LogP contribution >= 0.6 is 0 Å². The van der Waals surface area contributed by atoms with Gasteiger partial charge in [0, 0.05) is 45.2 Å². The van der Waals surface area contributed by atoms with Gasteiger partial charge in [-0.05, 0) is 22.4 Å². The number of hydrogen-bond donors (Lipinski definition) is 1. The molecule has 2 fully saturated rings. The first-order valence-electron chi connectivity index (χ1n) is 10.4. The highest BCUT2D eigenvalue weighted by molar-refractivity contribution is 5.76. The summed E-state index contributed by atoms with van der Waals surface area (Å²) in [6.07, 6.45) is 1.38. The molecule has 1 N–H and O–H groups in total. The van der Waals surface area contributed by atoms with E-state index in [9.17, 15) is 4.79 Å². The maximum Gasteiger partial charge on any atom is 0.222 e. The molecule has 1 amide bonds. The van der Waals surface area contributed by atoms with E-state index < -0.39 is 0 Å². The molecular formula is C20H29N7O2. The molecule has 1 aromatic carbocycles. The largest absolute Gasteiger partial charge is 0.379 e. The minimum atomic E-state index is 0.0596. The van der Waals surface area contributed by atoms with E-state index in [0.717, 1.165) is 58.2 Å². The standard InChI is InChI=1S/C20H29N7O2/c28-20(21-18-6-8-26(15-18)14-17-4-2-1-3-5-17)7-9-27-19(22-23-24-27)16-25-10-12-29-13-11-25/h1-5,18H,6-16H2,(H,21,28)/t18-/m0/s1. The monoisotopic (exact) mass is 399 g/mol. The van der Waals surface area contributed by atoms with Crippen LogP contribution in [0.1, 0.15) is 24.2 Å². The number of aryl methyl sites for hydroxylation is 1. The summed E-state index contributed by atoms with van der Waals surface area (Å²) in [5, 5.41) is 15.1. The van der Waals surface area contributed by atoms with Crippen molar-refractivity contribution in [3.05, 3.63) is 41.7 Å². The molecule has 0 bridgehead atoms. The van der Waals surface area contributed by atoms with Crippen LogP contribution in [0.25, 0.3) is 0 Å². The molecule has 1 atom stereocenters. The van der Waals surface area contributed by atoms with Crippen LogP contribution in [0.15, 0.2) is 30.3 Å². The summed E-state index contributed by atoms with van der Waals surface area (Å²) in [5.41, 5.74) is 1.31. The number of benzene rings is 1. The van der Waals surface area contributed by atoms with E-state index in [-0.39, 0.29) is 11.9 Å². The van der Waals surface area contributed by atoms with Gasteiger partial charge in [0.15, 0.2) is 5.82 Å². The minimum Gasteiger partial charge on any atom is -0.379 e. The number of aromatic nitrogens is 4. The molecule has 156 valence electrons. The van der Waals surface area contributed by atoms with Gasteiger partial charge in [-0.1, -0.05) is 30.3 Å². The van der Waals surface area contributed by atoms with Crippen LogP contribution in [-0.2, 0) is 29.2 Å². The van der Waals surface area contributed by atoms with E-state index in [1.807, 2.05) is 6.07 Å². The first kappa shape index (κ1) is 19.9. The van der Waals surface area contributed by atoms with Gasteiger partial charge in [-0.3, -0.25) is 14.6 Å². The molecule has 2 saturated heterocycles. The second-order valence-electron chi connectivity index (χ2n) is 7.73. The van der Waals surface area contributed by atoms with Crippen LogP contribution in [0.3, 0.4) is 0 Å². The lowest BCUT2D eigenvalue weighted by atomic mass is 10.2. The number of hydrogen-bond acceptors (Lipinski definition) is 7. The summed E-state index contributed by atoms with van der Waals surface area (Å²) in [5.74, 6) is 0.860. The maximum atomic E-state index is 12.4. The second kappa shape index (κ2) is 9.91. The van der Waals surface area contributed by atoms with Gasteiger partial charge < -0.3 is 10.1 Å². The lowest BCUT2D eigenvalue weighted by Crippen LogP contribution is -2.38. The molecule has 29 heavy (non-hydrogen) atoms. The van der Waals surface area contributed by atoms with E-state index >= 15 is 0 Å². The van der Waals surface area contributed by atoms with Gasteiger partial charge >= 0.3 is 0 Å². The highest BCUT2D eigenvalue weighted by atomic mass is 16.5. The molecule has 3 heterocycles. The van der Waals surface area contributed by atoms with Crippen LogP contribution in [-0.4, -0.2) is 81.3 Å². The van der Waals surface area contributed by atoms with Crippen molar-refractivity contribution in [1.29, 1.82) is 0 Å². The van der Waals surface area contributed by atoms with Gasteiger partial charge in [0.1, 0.15) is 0 Å². The van der Waals surface area contributed by atoms with Crippen molar-refractivity contribution in [3.63, 3.8) is 0 Å². The second-order valence-corrected chi connectivity index (χ2v) is 7.73. The lowest BCUT2D eigenvalue weighted by molar-refractivity contribution is -0.122. The number of nitrogens with one attached hydrogen (secondary N) is 1. The third kappa shape index (κ3) is 5.81. The number of rotatable bonds is 8. The molecule has 0 unspecified atom stereocenters. The Kier molecular flexibility index (Phi) is 6.81. The number of nitrogens with zero attached hydrogens (tertiary/aromatic N) is 6. The van der Waals surface area contributed by atoms with Crippen molar-refractivity contribution >= 4 is 5.91 Å². The first-order valence-corrected chi connectivity index (χ1v) is 10.4. The van der Waals surface area contributed by atoms with Crippen molar-refractivity contribution in [2.24, 2.45) is 0 Å². The molecule has 0 spiro atoms. The normalized spacial score (nSPS) is 20.8. The Labute approximate surface area is 171 Å². The number of carbonyl (C=O) groups is 1. The molecular weight excluding hydrogens is 370 g/mol. The Balaban J connectivity index is 1.19. The van der Waals surface area contributed by atoms with Crippen LogP contribution in [0.2, 0.25) is 0 Å². The average Bonchev–Trinajstić information content (AvgIpc) is 3.37. The quantitative estimate of drug-likeness (QED) is 0.682. The van der Waals surface area contributed by atoms with Gasteiger partial charge in [0.2, 0.25) is 5.91 Å². The van der Waals surface area contributed by atoms with Crippen molar-refractivity contribution < 1.29 is 9.53 Å². The third-order valence-electron chi connectivity index (χ3n) is 5.51. The Hall–Kier alpha value is -2.36. The van der Waals surface area contributed by atoms with Crippen molar-refractivity contribution in [2.75, 3.05) is 39.4 Å². The number of likely N-dealkylation sites (tertiary alicyclic amines) is 1. The third-order valence-corrected chi connectivity index (χ3v) is 5.51. The fourth-order valence-corrected chi connectivity index (χ4v) is 3.91. The molecule has 0 aliphatic carbocycles. The van der Waals surface area contributed by atoms with Gasteiger partial charge in [0.05, 0.1) is 26.3 Å². The zero-order chi connectivity index (χ0) is 19.9. The van der Waals surface area contributed by atoms with Gasteiger partial charge in [-0.2, -0.15) is 0 Å². The summed E-state index contributed by atoms with van der Waals surface area (Å²) in [4.78, 5) is 17.1. The molecule has 9 nitrogen and oxygen atoms in total. The van der Waals surface area contributed by atoms with Crippen molar-refractivity contribution in [3.8, 4) is 0 Å². The van der Waals surface area contributed by atoms with Gasteiger partial charge in [-0.25, -0.2) is 4.68 Å². The van der Waals surface area contributed by atoms with Crippen LogP contribution in [0.5, 0.6) is 0 Å². The molecule has 2 aliphatic heterocycles.